The average Bonchev–Trinajstić information content (AvgIpc) is 2.72. The Morgan fingerprint density at radius 1 is 1.00 bits per heavy atom. The van der Waals surface area contributed by atoms with Gasteiger partial charge in [0.05, 0.1) is 12.7 Å². The van der Waals surface area contributed by atoms with Gasteiger partial charge in [0.1, 0.15) is 6.61 Å². The summed E-state index contributed by atoms with van der Waals surface area (Å²) < 4.78 is 11.5. The summed E-state index contributed by atoms with van der Waals surface area (Å²) >= 11 is 12.5. The first kappa shape index (κ1) is 20.8. The lowest BCUT2D eigenvalue weighted by Gasteiger charge is -2.17. The standard InChI is InChI=1S/C22H19Cl2NO4/c1-28-20-7-2-4-15(12-25-16-10-8-14(9-11-16)22(26)27)21(20)29-13-17-18(23)5-3-6-19(17)24/h2-11,25H,12-13H2,1H3,(H,26,27). The number of carboxylic acid groups (broad SMARTS) is 1. The second-order valence-electron chi connectivity index (χ2n) is 6.17. The minimum atomic E-state index is -0.960. The third kappa shape index (κ3) is 5.13. The lowest BCUT2D eigenvalue weighted by Crippen LogP contribution is -2.06. The number of carboxylic acids is 1. The minimum Gasteiger partial charge on any atom is -0.493 e. The molecule has 0 aliphatic heterocycles. The summed E-state index contributed by atoms with van der Waals surface area (Å²) in [5, 5.41) is 13.3. The number of hydrogen-bond donors (Lipinski definition) is 2. The number of nitrogens with one attached hydrogen (secondary N) is 1. The number of carbonyl (C=O) groups is 1. The number of hydrogen-bond acceptors (Lipinski definition) is 4. The van der Waals surface area contributed by atoms with Crippen LogP contribution in [0.1, 0.15) is 21.5 Å². The zero-order valence-corrected chi connectivity index (χ0v) is 17.1. The number of benzene rings is 3. The van der Waals surface area contributed by atoms with Gasteiger partial charge in [-0.1, -0.05) is 41.4 Å². The van der Waals surface area contributed by atoms with E-state index in [1.165, 1.54) is 0 Å². The Hall–Kier alpha value is -2.89. The molecule has 7 heteroatoms. The van der Waals surface area contributed by atoms with Crippen molar-refractivity contribution in [2.24, 2.45) is 0 Å². The molecule has 2 N–H and O–H groups in total. The number of rotatable bonds is 8. The summed E-state index contributed by atoms with van der Waals surface area (Å²) in [4.78, 5) is 11.0. The molecule has 3 aromatic carbocycles. The zero-order chi connectivity index (χ0) is 20.8. The van der Waals surface area contributed by atoms with Gasteiger partial charge in [-0.25, -0.2) is 4.79 Å². The van der Waals surface area contributed by atoms with E-state index in [9.17, 15) is 4.79 Å². The fraction of sp³-hybridized carbons (Fsp3) is 0.136. The molecule has 0 aliphatic carbocycles. The predicted octanol–water partition coefficient (Wildman–Crippen LogP) is 5.89. The summed E-state index contributed by atoms with van der Waals surface area (Å²) in [6.45, 7) is 0.647. The molecule has 0 atom stereocenters. The Morgan fingerprint density at radius 3 is 2.28 bits per heavy atom. The third-order valence-corrected chi connectivity index (χ3v) is 5.03. The molecule has 0 aromatic heterocycles. The topological polar surface area (TPSA) is 67.8 Å². The lowest BCUT2D eigenvalue weighted by molar-refractivity contribution is 0.0697. The summed E-state index contributed by atoms with van der Waals surface area (Å²) in [6.07, 6.45) is 0. The minimum absolute atomic E-state index is 0.194. The van der Waals surface area contributed by atoms with Crippen LogP contribution in [0.5, 0.6) is 11.5 Å². The third-order valence-electron chi connectivity index (χ3n) is 4.32. The molecular weight excluding hydrogens is 413 g/mol. The first-order valence-electron chi connectivity index (χ1n) is 8.78. The lowest BCUT2D eigenvalue weighted by atomic mass is 10.1. The van der Waals surface area contributed by atoms with E-state index in [4.69, 9.17) is 37.8 Å². The highest BCUT2D eigenvalue weighted by atomic mass is 35.5. The monoisotopic (exact) mass is 431 g/mol. The van der Waals surface area contributed by atoms with Crippen LogP contribution in [0, 0.1) is 0 Å². The van der Waals surface area contributed by atoms with Crippen LogP contribution in [0.3, 0.4) is 0 Å². The Kier molecular flexibility index (Phi) is 6.86. The number of aromatic carboxylic acids is 1. The first-order valence-corrected chi connectivity index (χ1v) is 9.54. The van der Waals surface area contributed by atoms with E-state index >= 15 is 0 Å². The summed E-state index contributed by atoms with van der Waals surface area (Å²) in [5.74, 6) is 0.215. The van der Waals surface area contributed by atoms with Crippen molar-refractivity contribution >= 4 is 34.9 Å². The van der Waals surface area contributed by atoms with Crippen molar-refractivity contribution in [3.8, 4) is 11.5 Å². The van der Waals surface area contributed by atoms with E-state index in [-0.39, 0.29) is 12.2 Å². The zero-order valence-electron chi connectivity index (χ0n) is 15.6. The molecule has 5 nitrogen and oxygen atoms in total. The molecule has 0 heterocycles. The highest BCUT2D eigenvalue weighted by Gasteiger charge is 2.13. The highest BCUT2D eigenvalue weighted by molar-refractivity contribution is 6.35. The van der Waals surface area contributed by atoms with E-state index in [2.05, 4.69) is 5.32 Å². The second kappa shape index (κ2) is 9.54. The van der Waals surface area contributed by atoms with E-state index in [0.717, 1.165) is 11.3 Å². The van der Waals surface area contributed by atoms with Gasteiger partial charge >= 0.3 is 5.97 Å². The van der Waals surface area contributed by atoms with Crippen LogP contribution in [0.2, 0.25) is 10.0 Å². The molecule has 0 amide bonds. The van der Waals surface area contributed by atoms with Crippen LogP contribution >= 0.6 is 23.2 Å². The molecular formula is C22H19Cl2NO4. The van der Waals surface area contributed by atoms with Crippen molar-refractivity contribution in [2.75, 3.05) is 12.4 Å². The maximum absolute atomic E-state index is 11.0. The molecule has 3 rings (SSSR count). The molecule has 0 radical (unpaired) electrons. The number of anilines is 1. The van der Waals surface area contributed by atoms with Gasteiger partial charge in [-0.05, 0) is 42.5 Å². The normalized spacial score (nSPS) is 10.4. The summed E-state index contributed by atoms with van der Waals surface area (Å²) in [7, 11) is 1.58. The molecule has 0 bridgehead atoms. The van der Waals surface area contributed by atoms with E-state index in [1.807, 2.05) is 18.2 Å². The van der Waals surface area contributed by atoms with Crippen LogP contribution < -0.4 is 14.8 Å². The van der Waals surface area contributed by atoms with Gasteiger partial charge in [0.25, 0.3) is 0 Å². The number of halogens is 2. The second-order valence-corrected chi connectivity index (χ2v) is 6.99. The van der Waals surface area contributed by atoms with Gasteiger partial charge in [-0.3, -0.25) is 0 Å². The van der Waals surface area contributed by atoms with Crippen LogP contribution in [-0.2, 0) is 13.2 Å². The Bertz CT molecular complexity index is 986. The Morgan fingerprint density at radius 2 is 1.66 bits per heavy atom. The van der Waals surface area contributed by atoms with Crippen molar-refractivity contribution < 1.29 is 19.4 Å². The Labute approximate surface area is 178 Å². The van der Waals surface area contributed by atoms with Crippen LogP contribution in [0.25, 0.3) is 0 Å². The maximum Gasteiger partial charge on any atom is 0.335 e. The van der Waals surface area contributed by atoms with Crippen LogP contribution in [0.4, 0.5) is 5.69 Å². The highest BCUT2D eigenvalue weighted by Crippen LogP contribution is 2.34. The molecule has 0 unspecified atom stereocenters. The van der Waals surface area contributed by atoms with Gasteiger partial charge in [0.15, 0.2) is 11.5 Å². The van der Waals surface area contributed by atoms with E-state index < -0.39 is 5.97 Å². The first-order chi connectivity index (χ1) is 14.0. The predicted molar refractivity (Wildman–Crippen MR) is 115 cm³/mol. The van der Waals surface area contributed by atoms with Crippen molar-refractivity contribution in [2.45, 2.75) is 13.2 Å². The summed E-state index contributed by atoms with van der Waals surface area (Å²) in [5.41, 5.74) is 2.59. The molecule has 0 saturated carbocycles. The number of methoxy groups -OCH3 is 1. The van der Waals surface area contributed by atoms with Gasteiger partial charge in [0.2, 0.25) is 0 Å². The van der Waals surface area contributed by atoms with Gasteiger partial charge in [0, 0.05) is 33.4 Å². The van der Waals surface area contributed by atoms with E-state index in [1.54, 1.807) is 49.6 Å². The fourth-order valence-electron chi connectivity index (χ4n) is 2.77. The fourth-order valence-corrected chi connectivity index (χ4v) is 3.27. The van der Waals surface area contributed by atoms with E-state index in [0.29, 0.717) is 33.7 Å². The van der Waals surface area contributed by atoms with Crippen molar-refractivity contribution in [3.63, 3.8) is 0 Å². The molecule has 0 fully saturated rings. The number of para-hydroxylation sites is 1. The smallest absolute Gasteiger partial charge is 0.335 e. The van der Waals surface area contributed by atoms with Gasteiger partial charge < -0.3 is 19.9 Å². The largest absolute Gasteiger partial charge is 0.493 e. The number of ether oxygens (including phenoxy) is 2. The molecule has 3 aromatic rings. The van der Waals surface area contributed by atoms with Crippen molar-refractivity contribution in [1.82, 2.24) is 0 Å². The SMILES string of the molecule is COc1cccc(CNc2ccc(C(=O)O)cc2)c1OCc1c(Cl)cccc1Cl. The molecule has 0 aliphatic rings. The van der Waals surface area contributed by atoms with Crippen LogP contribution in [-0.4, -0.2) is 18.2 Å². The summed E-state index contributed by atoms with van der Waals surface area (Å²) in [6, 6.07) is 17.4. The molecule has 0 spiro atoms. The Balaban J connectivity index is 1.77. The molecule has 29 heavy (non-hydrogen) atoms. The van der Waals surface area contributed by atoms with Crippen molar-refractivity contribution in [1.29, 1.82) is 0 Å². The quantitative estimate of drug-likeness (QED) is 0.465. The van der Waals surface area contributed by atoms with Crippen LogP contribution in [0.15, 0.2) is 60.7 Å². The van der Waals surface area contributed by atoms with Gasteiger partial charge in [-0.15, -0.1) is 0 Å². The average molecular weight is 432 g/mol. The van der Waals surface area contributed by atoms with Gasteiger partial charge in [-0.2, -0.15) is 0 Å². The molecule has 0 saturated heterocycles. The van der Waals surface area contributed by atoms with Crippen molar-refractivity contribution in [3.05, 3.63) is 87.4 Å². The molecule has 150 valence electrons. The maximum atomic E-state index is 11.0.